The number of rotatable bonds is 5. The molecule has 4 nitrogen and oxygen atoms in total. The smallest absolute Gasteiger partial charge is 0.137 e. The van der Waals surface area contributed by atoms with E-state index < -0.39 is 5.60 Å². The maximum absolute atomic E-state index is 13.2. The number of carbonyl (C=O) groups excluding carboxylic acids is 1. The average molecular weight is 369 g/mol. The Morgan fingerprint density at radius 3 is 2.22 bits per heavy atom. The number of halogens is 1. The van der Waals surface area contributed by atoms with Gasteiger partial charge in [0.25, 0.3) is 0 Å². The van der Waals surface area contributed by atoms with E-state index in [9.17, 15) is 19.4 Å². The second-order valence-electron chi connectivity index (χ2n) is 7.99. The Bertz CT molecular complexity index is 791. The van der Waals surface area contributed by atoms with E-state index in [0.717, 1.165) is 30.5 Å². The number of fused-ring (bicyclic) bond motifs is 1. The summed E-state index contributed by atoms with van der Waals surface area (Å²) in [5.74, 6) is 0.594. The van der Waals surface area contributed by atoms with Gasteiger partial charge in [0.2, 0.25) is 0 Å². The summed E-state index contributed by atoms with van der Waals surface area (Å²) in [4.78, 5) is 13.9. The van der Waals surface area contributed by atoms with Crippen LogP contribution in [0.3, 0.4) is 0 Å². The van der Waals surface area contributed by atoms with E-state index in [1.165, 1.54) is 12.1 Å². The summed E-state index contributed by atoms with van der Waals surface area (Å²) in [6.45, 7) is 1.57. The number of carbonyl (C=O) groups is 1. The van der Waals surface area contributed by atoms with E-state index in [-0.39, 0.29) is 17.6 Å². The number of likely N-dealkylation sites (tertiary alicyclic amines) is 1. The summed E-state index contributed by atoms with van der Waals surface area (Å²) in [6.07, 6.45) is 2.90. The van der Waals surface area contributed by atoms with Crippen LogP contribution in [0.1, 0.15) is 24.0 Å². The van der Waals surface area contributed by atoms with E-state index in [2.05, 4.69) is 4.90 Å². The number of benzene rings is 2. The zero-order chi connectivity index (χ0) is 19.0. The van der Waals surface area contributed by atoms with E-state index >= 15 is 0 Å². The summed E-state index contributed by atoms with van der Waals surface area (Å²) in [7, 11) is 0. The van der Waals surface area contributed by atoms with Gasteiger partial charge in [-0.1, -0.05) is 24.3 Å². The fourth-order valence-corrected chi connectivity index (χ4v) is 4.79. The highest BCUT2D eigenvalue weighted by atomic mass is 19.1. The summed E-state index contributed by atoms with van der Waals surface area (Å²) >= 11 is 0. The Balaban J connectivity index is 1.42. The first-order chi connectivity index (χ1) is 13.0. The molecule has 0 bridgehead atoms. The van der Waals surface area contributed by atoms with Crippen LogP contribution in [0, 0.1) is 17.7 Å². The fraction of sp³-hybridized carbons (Fsp3) is 0.409. The molecule has 2 aromatic rings. The Kier molecular flexibility index (Phi) is 4.74. The summed E-state index contributed by atoms with van der Waals surface area (Å²) < 4.78 is 13.2. The van der Waals surface area contributed by atoms with Gasteiger partial charge in [0, 0.05) is 13.1 Å². The minimum atomic E-state index is -0.900. The Hall–Kier alpha value is -2.24. The first-order valence-electron chi connectivity index (χ1n) is 9.42. The summed E-state index contributed by atoms with van der Waals surface area (Å²) in [5, 5.41) is 20.5. The minimum Gasteiger partial charge on any atom is -0.508 e. The molecule has 0 amide bonds. The lowest BCUT2D eigenvalue weighted by Crippen LogP contribution is -2.38. The number of aromatic hydroxyl groups is 1. The predicted molar refractivity (Wildman–Crippen MR) is 99.7 cm³/mol. The largest absolute Gasteiger partial charge is 0.508 e. The summed E-state index contributed by atoms with van der Waals surface area (Å²) in [6, 6.07) is 12.9. The van der Waals surface area contributed by atoms with Crippen LogP contribution in [-0.4, -0.2) is 40.5 Å². The van der Waals surface area contributed by atoms with Crippen molar-refractivity contribution in [1.29, 1.82) is 0 Å². The topological polar surface area (TPSA) is 60.8 Å². The third-order valence-electron chi connectivity index (χ3n) is 6.19. The van der Waals surface area contributed by atoms with Gasteiger partial charge in [-0.15, -0.1) is 0 Å². The second kappa shape index (κ2) is 7.06. The normalized spacial score (nSPS) is 28.8. The number of hydrogen-bond donors (Lipinski definition) is 2. The van der Waals surface area contributed by atoms with Crippen LogP contribution in [0.15, 0.2) is 48.5 Å². The predicted octanol–water partition coefficient (Wildman–Crippen LogP) is 2.87. The zero-order valence-electron chi connectivity index (χ0n) is 15.1. The molecule has 1 aliphatic carbocycles. The first kappa shape index (κ1) is 18.1. The van der Waals surface area contributed by atoms with Crippen LogP contribution < -0.4 is 0 Å². The molecule has 2 N–H and O–H groups in total. The van der Waals surface area contributed by atoms with Crippen molar-refractivity contribution in [2.24, 2.45) is 11.8 Å². The Morgan fingerprint density at radius 2 is 1.67 bits per heavy atom. The Morgan fingerprint density at radius 1 is 1.07 bits per heavy atom. The van der Waals surface area contributed by atoms with Crippen LogP contribution in [0.4, 0.5) is 4.39 Å². The molecule has 142 valence electrons. The minimum absolute atomic E-state index is 0.195. The van der Waals surface area contributed by atoms with Gasteiger partial charge in [-0.05, 0) is 66.5 Å². The SMILES string of the molecule is O=CC(Cc1ccc(O)cc1)N1CC2CC(O)(c3ccc(F)cc3)CC2C1. The highest BCUT2D eigenvalue weighted by Crippen LogP contribution is 2.49. The fourth-order valence-electron chi connectivity index (χ4n) is 4.79. The van der Waals surface area contributed by atoms with Crippen LogP contribution in [0.25, 0.3) is 0 Å². The molecule has 2 aliphatic rings. The molecule has 5 heteroatoms. The number of nitrogens with zero attached hydrogens (tertiary/aromatic N) is 1. The van der Waals surface area contributed by atoms with E-state index in [1.54, 1.807) is 24.3 Å². The van der Waals surface area contributed by atoms with Crippen molar-refractivity contribution in [2.45, 2.75) is 30.9 Å². The molecule has 3 unspecified atom stereocenters. The molecule has 3 atom stereocenters. The van der Waals surface area contributed by atoms with Crippen molar-refractivity contribution in [3.8, 4) is 5.75 Å². The second-order valence-corrected chi connectivity index (χ2v) is 7.99. The molecular formula is C22H24FNO3. The van der Waals surface area contributed by atoms with Crippen molar-refractivity contribution in [1.82, 2.24) is 4.90 Å². The molecule has 0 radical (unpaired) electrons. The van der Waals surface area contributed by atoms with Gasteiger partial charge in [-0.25, -0.2) is 4.39 Å². The first-order valence-corrected chi connectivity index (χ1v) is 9.42. The van der Waals surface area contributed by atoms with Crippen molar-refractivity contribution in [3.05, 3.63) is 65.5 Å². The molecule has 2 aromatic carbocycles. The van der Waals surface area contributed by atoms with E-state index in [1.807, 2.05) is 12.1 Å². The molecule has 1 saturated carbocycles. The number of hydrogen-bond acceptors (Lipinski definition) is 4. The zero-order valence-corrected chi connectivity index (χ0v) is 15.1. The van der Waals surface area contributed by atoms with Crippen molar-refractivity contribution in [2.75, 3.05) is 13.1 Å². The third kappa shape index (κ3) is 3.62. The van der Waals surface area contributed by atoms with Crippen molar-refractivity contribution < 1.29 is 19.4 Å². The monoisotopic (exact) mass is 369 g/mol. The molecule has 1 heterocycles. The number of aliphatic hydroxyl groups is 1. The lowest BCUT2D eigenvalue weighted by atomic mass is 9.90. The quantitative estimate of drug-likeness (QED) is 0.796. The number of phenols is 1. The van der Waals surface area contributed by atoms with Gasteiger partial charge in [0.05, 0.1) is 11.6 Å². The molecule has 0 spiro atoms. The third-order valence-corrected chi connectivity index (χ3v) is 6.19. The van der Waals surface area contributed by atoms with Crippen molar-refractivity contribution in [3.63, 3.8) is 0 Å². The average Bonchev–Trinajstić information content (AvgIpc) is 3.17. The van der Waals surface area contributed by atoms with Gasteiger partial charge in [0.1, 0.15) is 17.9 Å². The molecule has 4 rings (SSSR count). The maximum atomic E-state index is 13.2. The highest BCUT2D eigenvalue weighted by molar-refractivity contribution is 5.58. The number of aldehydes is 1. The van der Waals surface area contributed by atoms with Crippen LogP contribution in [-0.2, 0) is 16.8 Å². The molecule has 1 aliphatic heterocycles. The van der Waals surface area contributed by atoms with Gasteiger partial charge in [-0.3, -0.25) is 4.90 Å². The lowest BCUT2D eigenvalue weighted by Gasteiger charge is -2.28. The van der Waals surface area contributed by atoms with Gasteiger partial charge in [-0.2, -0.15) is 0 Å². The molecule has 1 saturated heterocycles. The standard InChI is InChI=1S/C22H24FNO3/c23-19-5-3-18(4-6-19)22(27)10-16-12-24(13-17(16)11-22)20(14-25)9-15-1-7-21(26)8-2-15/h1-8,14,16-17,20,26-27H,9-13H2. The lowest BCUT2D eigenvalue weighted by molar-refractivity contribution is -0.112. The highest BCUT2D eigenvalue weighted by Gasteiger charge is 2.49. The van der Waals surface area contributed by atoms with Crippen molar-refractivity contribution >= 4 is 6.29 Å². The molecule has 0 aromatic heterocycles. The van der Waals surface area contributed by atoms with Crippen LogP contribution in [0.2, 0.25) is 0 Å². The van der Waals surface area contributed by atoms with E-state index in [4.69, 9.17) is 0 Å². The summed E-state index contributed by atoms with van der Waals surface area (Å²) in [5.41, 5.74) is 0.897. The molecular weight excluding hydrogens is 345 g/mol. The van der Waals surface area contributed by atoms with Crippen LogP contribution in [0.5, 0.6) is 5.75 Å². The molecule has 27 heavy (non-hydrogen) atoms. The van der Waals surface area contributed by atoms with Gasteiger partial charge in [0.15, 0.2) is 0 Å². The molecule has 2 fully saturated rings. The number of phenolic OH excluding ortho intramolecular Hbond substituents is 1. The van der Waals surface area contributed by atoms with Gasteiger partial charge >= 0.3 is 0 Å². The Labute approximate surface area is 158 Å². The van der Waals surface area contributed by atoms with E-state index in [0.29, 0.717) is 31.1 Å². The maximum Gasteiger partial charge on any atom is 0.137 e. The van der Waals surface area contributed by atoms with Crippen LogP contribution >= 0.6 is 0 Å². The van der Waals surface area contributed by atoms with Gasteiger partial charge < -0.3 is 15.0 Å².